The molecule has 0 fully saturated rings. The summed E-state index contributed by atoms with van der Waals surface area (Å²) in [5.74, 6) is 0. The Kier molecular flexibility index (Phi) is 41.1. The molecule has 0 aromatic carbocycles. The number of hydrogen-bond donors (Lipinski definition) is 0. The van der Waals surface area contributed by atoms with E-state index in [4.69, 9.17) is 0 Å². The van der Waals surface area contributed by atoms with Crippen molar-refractivity contribution < 1.29 is 18.6 Å². The van der Waals surface area contributed by atoms with E-state index in [-0.39, 0.29) is 0 Å². The Hall–Kier alpha value is 0.688. The van der Waals surface area contributed by atoms with Gasteiger partial charge in [-0.15, -0.1) is 0 Å². The van der Waals surface area contributed by atoms with E-state index in [1.54, 1.807) is 6.92 Å². The van der Waals surface area contributed by atoms with Gasteiger partial charge in [0.05, 0.1) is 0 Å². The van der Waals surface area contributed by atoms with Crippen molar-refractivity contribution in [3.05, 3.63) is 6.92 Å². The molecule has 0 aliphatic heterocycles. The van der Waals surface area contributed by atoms with Gasteiger partial charge in [-0.1, -0.05) is 13.8 Å². The molecular weight excluding hydrogens is 243 g/mol. The molecular formula is C4H11Pt. The molecule has 0 saturated heterocycles. The summed E-state index contributed by atoms with van der Waals surface area (Å²) in [6.07, 6.45) is 0. The summed E-state index contributed by atoms with van der Waals surface area (Å²) in [5.41, 5.74) is 0. The molecule has 0 saturated carbocycles. The summed E-state index contributed by atoms with van der Waals surface area (Å²) in [4.78, 5) is 0. The first-order valence-electron chi connectivity index (χ1n) is 1.34. The molecule has 0 nitrogen and oxygen atoms in total. The third kappa shape index (κ3) is 71.5. The maximum absolute atomic E-state index is 3.25. The fraction of sp³-hybridized carbons (Fsp3) is 0.750. The topological polar surface area (TPSA) is 0 Å². The fourth-order valence-corrected chi connectivity index (χ4v) is 0. The summed E-state index contributed by atoms with van der Waals surface area (Å²) in [5, 5.41) is 4.47. The van der Waals surface area contributed by atoms with E-state index in [2.05, 4.69) is 17.6 Å². The van der Waals surface area contributed by atoms with Crippen LogP contribution in [0.25, 0.3) is 0 Å². The zero-order chi connectivity index (χ0) is 4.71. The summed E-state index contributed by atoms with van der Waals surface area (Å²) in [6, 6.07) is 0. The molecule has 0 amide bonds. The maximum atomic E-state index is 3.25. The van der Waals surface area contributed by atoms with Crippen LogP contribution in [0.2, 0.25) is 10.6 Å². The molecule has 0 aromatic rings. The minimum atomic E-state index is 0.583. The van der Waals surface area contributed by atoms with Gasteiger partial charge in [-0.05, 0) is 0 Å². The van der Waals surface area contributed by atoms with Crippen LogP contribution in [-0.4, -0.2) is 0 Å². The van der Waals surface area contributed by atoms with Gasteiger partial charge in [0.1, 0.15) is 0 Å². The average Bonchev–Trinajstić information content (AvgIpc) is 1.46. The third-order valence-electron chi connectivity index (χ3n) is 0. The molecule has 5 heavy (non-hydrogen) atoms. The molecule has 37 valence electrons. The summed E-state index contributed by atoms with van der Waals surface area (Å²) in [6.45, 7) is 5.00. The Morgan fingerprint density at radius 2 is 1.20 bits per heavy atom. The molecule has 0 aliphatic carbocycles. The molecule has 0 rings (SSSR count). The van der Waals surface area contributed by atoms with Crippen LogP contribution in [0.15, 0.2) is 0 Å². The van der Waals surface area contributed by atoms with Gasteiger partial charge in [-0.3, -0.25) is 0 Å². The van der Waals surface area contributed by atoms with Crippen LogP contribution in [0.5, 0.6) is 0 Å². The molecule has 0 aliphatic rings. The van der Waals surface area contributed by atoms with Gasteiger partial charge in [0, 0.05) is 0 Å². The second kappa shape index (κ2) is 22.4. The van der Waals surface area contributed by atoms with Crippen molar-refractivity contribution >= 4 is 0 Å². The van der Waals surface area contributed by atoms with E-state index in [1.165, 1.54) is 0 Å². The van der Waals surface area contributed by atoms with Gasteiger partial charge in [0.2, 0.25) is 0 Å². The van der Waals surface area contributed by atoms with Crippen molar-refractivity contribution in [2.24, 2.45) is 0 Å². The summed E-state index contributed by atoms with van der Waals surface area (Å²) < 4.78 is 0. The van der Waals surface area contributed by atoms with E-state index in [9.17, 15) is 0 Å². The van der Waals surface area contributed by atoms with Gasteiger partial charge in [0.15, 0.2) is 0 Å². The van der Waals surface area contributed by atoms with Crippen molar-refractivity contribution in [2.75, 3.05) is 0 Å². The van der Waals surface area contributed by atoms with Crippen molar-refractivity contribution in [3.63, 3.8) is 0 Å². The Labute approximate surface area is 43.5 Å². The van der Waals surface area contributed by atoms with Gasteiger partial charge in [-0.2, -0.15) is 0 Å². The Morgan fingerprint density at radius 1 is 1.20 bits per heavy atom. The zero-order valence-corrected chi connectivity index (χ0v) is 6.30. The van der Waals surface area contributed by atoms with Gasteiger partial charge in [-0.25, -0.2) is 0 Å². The molecule has 0 heterocycles. The van der Waals surface area contributed by atoms with E-state index < -0.39 is 0 Å². The van der Waals surface area contributed by atoms with Crippen LogP contribution in [0.4, 0.5) is 0 Å². The normalized spacial score (nSPS) is 5.60. The Balaban J connectivity index is 0. The summed E-state index contributed by atoms with van der Waals surface area (Å²) in [7, 11) is 0. The van der Waals surface area contributed by atoms with Crippen molar-refractivity contribution in [1.29, 1.82) is 0 Å². The SMILES string of the molecule is [CH2]C.[CH3][Pt][CH3]. The number of rotatable bonds is 0. The average molecular weight is 254 g/mol. The Bertz CT molecular complexity index is 3.61. The fourth-order valence-electron chi connectivity index (χ4n) is 0. The summed E-state index contributed by atoms with van der Waals surface area (Å²) >= 11 is 0.583. The molecule has 1 radical (unpaired) electrons. The second-order valence-electron chi connectivity index (χ2n) is 0.316. The molecule has 0 atom stereocenters. The standard InChI is InChI=1S/C2H5.2CH3.Pt/c1-2;;;/h1H2,2H3;2*1H3;. The van der Waals surface area contributed by atoms with Crippen LogP contribution in [0.1, 0.15) is 6.92 Å². The molecule has 1 heteroatoms. The minimum absolute atomic E-state index is 0.583. The van der Waals surface area contributed by atoms with Crippen LogP contribution in [-0.2, 0) is 18.6 Å². The third-order valence-corrected chi connectivity index (χ3v) is 0. The molecule has 0 unspecified atom stereocenters. The number of hydrogen-bond acceptors (Lipinski definition) is 0. The van der Waals surface area contributed by atoms with Crippen LogP contribution in [0.3, 0.4) is 0 Å². The molecule has 0 bridgehead atoms. The zero-order valence-electron chi connectivity index (χ0n) is 4.02. The van der Waals surface area contributed by atoms with E-state index in [0.717, 1.165) is 0 Å². The van der Waals surface area contributed by atoms with Gasteiger partial charge >= 0.3 is 29.2 Å². The predicted octanol–water partition coefficient (Wildman–Crippen LogP) is 2.01. The van der Waals surface area contributed by atoms with Crippen LogP contribution < -0.4 is 0 Å². The quantitative estimate of drug-likeness (QED) is 0.620. The Morgan fingerprint density at radius 3 is 1.20 bits per heavy atom. The van der Waals surface area contributed by atoms with E-state index >= 15 is 0 Å². The predicted molar refractivity (Wildman–Crippen MR) is 22.8 cm³/mol. The molecule has 0 aromatic heterocycles. The van der Waals surface area contributed by atoms with Crippen molar-refractivity contribution in [2.45, 2.75) is 17.6 Å². The first kappa shape index (κ1) is 9.19. The second-order valence-corrected chi connectivity index (χ2v) is 2.59. The van der Waals surface area contributed by atoms with Crippen LogP contribution >= 0.6 is 0 Å². The van der Waals surface area contributed by atoms with E-state index in [1.807, 2.05) is 0 Å². The van der Waals surface area contributed by atoms with Crippen molar-refractivity contribution in [3.8, 4) is 0 Å². The first-order chi connectivity index (χ1) is 2.41. The van der Waals surface area contributed by atoms with Crippen molar-refractivity contribution in [1.82, 2.24) is 0 Å². The molecule has 0 spiro atoms. The molecule has 0 N–H and O–H groups in total. The van der Waals surface area contributed by atoms with Gasteiger partial charge in [0.25, 0.3) is 0 Å². The van der Waals surface area contributed by atoms with E-state index in [0.29, 0.717) is 18.6 Å². The van der Waals surface area contributed by atoms with Crippen LogP contribution in [0, 0.1) is 6.92 Å². The first-order valence-corrected chi connectivity index (χ1v) is 5.88. The van der Waals surface area contributed by atoms with Gasteiger partial charge < -0.3 is 0 Å². The monoisotopic (exact) mass is 254 g/mol.